The van der Waals surface area contributed by atoms with Crippen molar-refractivity contribution < 1.29 is 19.0 Å². The maximum absolute atomic E-state index is 12.5. The van der Waals surface area contributed by atoms with E-state index in [1.165, 1.54) is 11.8 Å². The van der Waals surface area contributed by atoms with Crippen LogP contribution in [0.15, 0.2) is 16.6 Å². The van der Waals surface area contributed by atoms with Crippen LogP contribution in [0.25, 0.3) is 0 Å². The number of benzene rings is 1. The minimum Gasteiger partial charge on any atom is -0.454 e. The maximum atomic E-state index is 12.5. The summed E-state index contributed by atoms with van der Waals surface area (Å²) in [6.45, 7) is 1.21. The first kappa shape index (κ1) is 16.0. The Morgan fingerprint density at radius 3 is 2.91 bits per heavy atom. The van der Waals surface area contributed by atoms with Crippen LogP contribution in [0.2, 0.25) is 0 Å². The number of fused-ring (bicyclic) bond motifs is 1. The second kappa shape index (κ2) is 6.74. The Morgan fingerprint density at radius 1 is 1.45 bits per heavy atom. The van der Waals surface area contributed by atoms with Crippen molar-refractivity contribution in [3.63, 3.8) is 0 Å². The Morgan fingerprint density at radius 2 is 2.18 bits per heavy atom. The summed E-state index contributed by atoms with van der Waals surface area (Å²) in [6, 6.07) is 3.80. The van der Waals surface area contributed by atoms with Crippen molar-refractivity contribution in [2.75, 3.05) is 27.1 Å². The van der Waals surface area contributed by atoms with Crippen LogP contribution in [0.5, 0.6) is 11.5 Å². The predicted molar refractivity (Wildman–Crippen MR) is 91.5 cm³/mol. The van der Waals surface area contributed by atoms with Crippen LogP contribution in [-0.2, 0) is 16.0 Å². The van der Waals surface area contributed by atoms with Crippen LogP contribution < -0.4 is 9.47 Å². The summed E-state index contributed by atoms with van der Waals surface area (Å²) in [6.07, 6.45) is 0.588. The Kier molecular flexibility index (Phi) is 4.91. The third-order valence-electron chi connectivity index (χ3n) is 3.47. The lowest BCUT2D eigenvalue weighted by molar-refractivity contribution is -0.126. The van der Waals surface area contributed by atoms with Crippen molar-refractivity contribution in [1.29, 1.82) is 0 Å². The summed E-state index contributed by atoms with van der Waals surface area (Å²) in [7, 11) is 1.61. The number of carbonyl (C=O) groups excluding carboxylic acids is 1. The first-order valence-corrected chi connectivity index (χ1v) is 8.77. The van der Waals surface area contributed by atoms with Crippen molar-refractivity contribution in [2.45, 2.75) is 11.7 Å². The molecule has 2 aliphatic rings. The van der Waals surface area contributed by atoms with E-state index in [1.807, 2.05) is 12.1 Å². The largest absolute Gasteiger partial charge is 0.454 e. The smallest absolute Gasteiger partial charge is 0.242 e. The van der Waals surface area contributed by atoms with E-state index in [0.717, 1.165) is 15.8 Å². The van der Waals surface area contributed by atoms with Gasteiger partial charge in [0.1, 0.15) is 4.32 Å². The minimum absolute atomic E-state index is 0.0385. The molecule has 1 fully saturated rings. The van der Waals surface area contributed by atoms with Gasteiger partial charge in [0.2, 0.25) is 12.7 Å². The van der Waals surface area contributed by atoms with Crippen molar-refractivity contribution in [3.8, 4) is 11.5 Å². The average molecular weight is 404 g/mol. The molecule has 0 bridgehead atoms. The van der Waals surface area contributed by atoms with Gasteiger partial charge < -0.3 is 14.2 Å². The highest BCUT2D eigenvalue weighted by Gasteiger charge is 2.37. The normalized spacial score (nSPS) is 20.1. The number of rotatable bonds is 5. The molecule has 0 N–H and O–H groups in total. The molecule has 0 spiro atoms. The molecular formula is C14H14BrNO4S2. The average Bonchev–Trinajstić information content (AvgIpc) is 3.03. The van der Waals surface area contributed by atoms with Crippen LogP contribution in [0.3, 0.4) is 0 Å². The molecule has 0 saturated carbocycles. The zero-order valence-corrected chi connectivity index (χ0v) is 15.1. The first-order chi connectivity index (χ1) is 10.6. The number of amides is 1. The van der Waals surface area contributed by atoms with Gasteiger partial charge in [-0.3, -0.25) is 9.69 Å². The Hall–Kier alpha value is -0.830. The summed E-state index contributed by atoms with van der Waals surface area (Å²) in [5.41, 5.74) is 1.01. The monoisotopic (exact) mass is 403 g/mol. The minimum atomic E-state index is -0.207. The molecule has 2 heterocycles. The molecule has 0 aliphatic carbocycles. The lowest BCUT2D eigenvalue weighted by atomic mass is 10.1. The molecule has 8 heteroatoms. The fourth-order valence-corrected chi connectivity index (χ4v) is 4.38. The predicted octanol–water partition coefficient (Wildman–Crippen LogP) is 2.60. The number of methoxy groups -OCH3 is 1. The standard InChI is InChI=1S/C14H14BrNO4S2/c1-18-3-2-16-13(17)12(22-14(16)21)5-8-4-10-11(6-9(8)15)20-7-19-10/h4,6,12H,2-3,5,7H2,1H3/t12-/m0/s1. The number of halogens is 1. The third kappa shape index (κ3) is 3.10. The van der Waals surface area contributed by atoms with Crippen molar-refractivity contribution in [2.24, 2.45) is 0 Å². The molecule has 0 radical (unpaired) electrons. The molecule has 0 unspecified atom stereocenters. The van der Waals surface area contributed by atoms with Crippen LogP contribution >= 0.6 is 39.9 Å². The van der Waals surface area contributed by atoms with E-state index in [9.17, 15) is 4.79 Å². The molecular weight excluding hydrogens is 390 g/mol. The van der Waals surface area contributed by atoms with E-state index in [-0.39, 0.29) is 18.0 Å². The zero-order valence-electron chi connectivity index (χ0n) is 11.8. The Labute approximate surface area is 146 Å². The lowest BCUT2D eigenvalue weighted by Crippen LogP contribution is -2.34. The molecule has 1 saturated heterocycles. The topological polar surface area (TPSA) is 48.0 Å². The van der Waals surface area contributed by atoms with Gasteiger partial charge in [-0.05, 0) is 24.1 Å². The number of carbonyl (C=O) groups is 1. The molecule has 118 valence electrons. The van der Waals surface area contributed by atoms with Gasteiger partial charge in [0.15, 0.2) is 11.5 Å². The fourth-order valence-electron chi connectivity index (χ4n) is 2.33. The van der Waals surface area contributed by atoms with Crippen LogP contribution in [-0.4, -0.2) is 47.4 Å². The van der Waals surface area contributed by atoms with Gasteiger partial charge in [-0.15, -0.1) is 0 Å². The second-order valence-corrected chi connectivity index (χ2v) is 7.55. The van der Waals surface area contributed by atoms with Crippen molar-refractivity contribution in [1.82, 2.24) is 4.90 Å². The SMILES string of the molecule is COCCN1C(=O)[C@H](Cc2cc3c(cc2Br)OCO3)SC1=S. The van der Waals surface area contributed by atoms with E-state index in [1.54, 1.807) is 12.0 Å². The highest BCUT2D eigenvalue weighted by Crippen LogP contribution is 2.39. The molecule has 22 heavy (non-hydrogen) atoms. The molecule has 1 amide bonds. The summed E-state index contributed by atoms with van der Waals surface area (Å²) >= 11 is 10.2. The van der Waals surface area contributed by atoms with E-state index < -0.39 is 0 Å². The van der Waals surface area contributed by atoms with Gasteiger partial charge in [0.05, 0.1) is 18.4 Å². The molecule has 0 aromatic heterocycles. The van der Waals surface area contributed by atoms with Crippen LogP contribution in [0.4, 0.5) is 0 Å². The number of thioether (sulfide) groups is 1. The van der Waals surface area contributed by atoms with Crippen molar-refractivity contribution in [3.05, 3.63) is 22.2 Å². The zero-order chi connectivity index (χ0) is 15.7. The van der Waals surface area contributed by atoms with Gasteiger partial charge in [-0.2, -0.15) is 0 Å². The lowest BCUT2D eigenvalue weighted by Gasteiger charge is -2.15. The van der Waals surface area contributed by atoms with Gasteiger partial charge >= 0.3 is 0 Å². The van der Waals surface area contributed by atoms with E-state index >= 15 is 0 Å². The Balaban J connectivity index is 1.74. The van der Waals surface area contributed by atoms with Gasteiger partial charge in [-0.25, -0.2) is 0 Å². The quantitative estimate of drug-likeness (QED) is 0.704. The first-order valence-electron chi connectivity index (χ1n) is 6.69. The number of nitrogens with zero attached hydrogens (tertiary/aromatic N) is 1. The molecule has 1 aromatic carbocycles. The summed E-state index contributed by atoms with van der Waals surface area (Å²) < 4.78 is 17.3. The van der Waals surface area contributed by atoms with E-state index in [0.29, 0.717) is 29.6 Å². The highest BCUT2D eigenvalue weighted by atomic mass is 79.9. The number of thiocarbonyl (C=S) groups is 1. The molecule has 1 atom stereocenters. The Bertz CT molecular complexity index is 625. The second-order valence-electron chi connectivity index (χ2n) is 4.86. The van der Waals surface area contributed by atoms with Gasteiger partial charge in [0.25, 0.3) is 0 Å². The van der Waals surface area contributed by atoms with Crippen molar-refractivity contribution >= 4 is 50.1 Å². The number of ether oxygens (including phenoxy) is 3. The fraction of sp³-hybridized carbons (Fsp3) is 0.429. The third-order valence-corrected chi connectivity index (χ3v) is 5.79. The van der Waals surface area contributed by atoms with Crippen LogP contribution in [0, 0.1) is 0 Å². The summed E-state index contributed by atoms with van der Waals surface area (Å²) in [5.74, 6) is 1.47. The highest BCUT2D eigenvalue weighted by molar-refractivity contribution is 9.10. The van der Waals surface area contributed by atoms with E-state index in [2.05, 4.69) is 15.9 Å². The van der Waals surface area contributed by atoms with E-state index in [4.69, 9.17) is 26.4 Å². The summed E-state index contributed by atoms with van der Waals surface area (Å²) in [4.78, 5) is 14.1. The number of hydrogen-bond acceptors (Lipinski definition) is 6. The summed E-state index contributed by atoms with van der Waals surface area (Å²) in [5, 5.41) is -0.207. The molecule has 3 rings (SSSR count). The molecule has 2 aliphatic heterocycles. The molecule has 1 aromatic rings. The van der Waals surface area contributed by atoms with Gasteiger partial charge in [0, 0.05) is 11.6 Å². The number of hydrogen-bond donors (Lipinski definition) is 0. The van der Waals surface area contributed by atoms with Crippen LogP contribution in [0.1, 0.15) is 5.56 Å². The van der Waals surface area contributed by atoms with Gasteiger partial charge in [-0.1, -0.05) is 39.9 Å². The molecule has 5 nitrogen and oxygen atoms in total. The maximum Gasteiger partial charge on any atom is 0.242 e.